The Morgan fingerprint density at radius 2 is 1.88 bits per heavy atom. The van der Waals surface area contributed by atoms with Crippen LogP contribution in [0.25, 0.3) is 0 Å². The maximum absolute atomic E-state index is 5.97. The third kappa shape index (κ3) is 4.39. The second-order valence-electron chi connectivity index (χ2n) is 5.61. The summed E-state index contributed by atoms with van der Waals surface area (Å²) in [5.74, 6) is 0.964. The van der Waals surface area contributed by atoms with Gasteiger partial charge >= 0.3 is 0 Å². The Hall–Kier alpha value is -1.02. The van der Waals surface area contributed by atoms with Gasteiger partial charge in [0, 0.05) is 6.04 Å². The van der Waals surface area contributed by atoms with E-state index >= 15 is 0 Å². The van der Waals surface area contributed by atoms with E-state index in [0.29, 0.717) is 6.61 Å². The van der Waals surface area contributed by atoms with E-state index in [1.807, 2.05) is 12.1 Å². The Kier molecular flexibility index (Phi) is 5.01. The van der Waals surface area contributed by atoms with Crippen LogP contribution in [0.3, 0.4) is 0 Å². The number of hydrogen-bond acceptors (Lipinski definition) is 2. The van der Waals surface area contributed by atoms with E-state index in [-0.39, 0.29) is 11.5 Å². The fourth-order valence-electron chi connectivity index (χ4n) is 1.86. The van der Waals surface area contributed by atoms with E-state index < -0.39 is 0 Å². The molecular weight excluding hydrogens is 210 g/mol. The minimum atomic E-state index is 0.103. The molecule has 0 aliphatic carbocycles. The molecule has 0 fully saturated rings. The lowest BCUT2D eigenvalue weighted by atomic mass is 9.86. The zero-order valence-electron chi connectivity index (χ0n) is 11.5. The van der Waals surface area contributed by atoms with E-state index in [2.05, 4.69) is 39.8 Å². The van der Waals surface area contributed by atoms with E-state index in [0.717, 1.165) is 18.6 Å². The highest BCUT2D eigenvalue weighted by Gasteiger charge is 2.18. The van der Waals surface area contributed by atoms with Crippen molar-refractivity contribution < 1.29 is 4.74 Å². The molecule has 2 N–H and O–H groups in total. The van der Waals surface area contributed by atoms with Crippen LogP contribution < -0.4 is 10.5 Å². The van der Waals surface area contributed by atoms with Gasteiger partial charge in [0.25, 0.3) is 0 Å². The topological polar surface area (TPSA) is 35.2 Å². The molecule has 0 saturated carbocycles. The molecule has 2 heteroatoms. The van der Waals surface area contributed by atoms with Crippen LogP contribution in [-0.2, 0) is 5.41 Å². The zero-order valence-corrected chi connectivity index (χ0v) is 11.5. The molecule has 0 bridgehead atoms. The van der Waals surface area contributed by atoms with Crippen molar-refractivity contribution in [3.63, 3.8) is 0 Å². The molecule has 1 aromatic rings. The summed E-state index contributed by atoms with van der Waals surface area (Å²) < 4.78 is 5.85. The van der Waals surface area contributed by atoms with Crippen LogP contribution in [0, 0.1) is 0 Å². The average Bonchev–Trinajstić information content (AvgIpc) is 2.26. The Labute approximate surface area is 105 Å². The number of nitrogens with two attached hydrogens (primary N) is 1. The van der Waals surface area contributed by atoms with Crippen molar-refractivity contribution in [2.24, 2.45) is 5.73 Å². The highest BCUT2D eigenvalue weighted by atomic mass is 16.5. The summed E-state index contributed by atoms with van der Waals surface area (Å²) in [6.07, 6.45) is 2.11. The van der Waals surface area contributed by atoms with Crippen LogP contribution in [0.2, 0.25) is 0 Å². The number of rotatable bonds is 5. The van der Waals surface area contributed by atoms with Crippen molar-refractivity contribution in [2.75, 3.05) is 6.61 Å². The second kappa shape index (κ2) is 6.06. The fraction of sp³-hybridized carbons (Fsp3) is 0.600. The molecule has 0 aromatic heterocycles. The number of benzene rings is 1. The van der Waals surface area contributed by atoms with Crippen LogP contribution in [0.1, 0.15) is 46.1 Å². The Morgan fingerprint density at radius 1 is 1.24 bits per heavy atom. The molecule has 96 valence electrons. The number of ether oxygens (including phenoxy) is 1. The van der Waals surface area contributed by atoms with Crippen molar-refractivity contribution in [2.45, 2.75) is 52.0 Å². The second-order valence-corrected chi connectivity index (χ2v) is 5.61. The summed E-state index contributed by atoms with van der Waals surface area (Å²) in [6, 6.07) is 8.35. The third-order valence-electron chi connectivity index (χ3n) is 2.81. The van der Waals surface area contributed by atoms with Gasteiger partial charge in [-0.25, -0.2) is 0 Å². The molecular formula is C15H25NO. The summed E-state index contributed by atoms with van der Waals surface area (Å²) in [5.41, 5.74) is 7.31. The first kappa shape index (κ1) is 14.0. The highest BCUT2D eigenvalue weighted by molar-refractivity contribution is 5.38. The molecule has 0 aliphatic heterocycles. The lowest BCUT2D eigenvalue weighted by Crippen LogP contribution is -2.28. The predicted molar refractivity (Wildman–Crippen MR) is 73.5 cm³/mol. The minimum absolute atomic E-state index is 0.103. The SMILES string of the molecule is CCCC(N)COc1ccccc1C(C)(C)C. The summed E-state index contributed by atoms with van der Waals surface area (Å²) in [4.78, 5) is 0. The molecule has 1 unspecified atom stereocenters. The minimum Gasteiger partial charge on any atom is -0.492 e. The summed E-state index contributed by atoms with van der Waals surface area (Å²) in [5, 5.41) is 0. The summed E-state index contributed by atoms with van der Waals surface area (Å²) >= 11 is 0. The van der Waals surface area contributed by atoms with E-state index in [1.54, 1.807) is 0 Å². The Balaban J connectivity index is 2.71. The Morgan fingerprint density at radius 3 is 2.47 bits per heavy atom. The molecule has 2 nitrogen and oxygen atoms in total. The van der Waals surface area contributed by atoms with Gasteiger partial charge in [-0.05, 0) is 23.5 Å². The molecule has 0 heterocycles. The third-order valence-corrected chi connectivity index (χ3v) is 2.81. The van der Waals surface area contributed by atoms with Crippen molar-refractivity contribution in [3.05, 3.63) is 29.8 Å². The molecule has 0 spiro atoms. The smallest absolute Gasteiger partial charge is 0.123 e. The molecule has 0 aliphatic rings. The van der Waals surface area contributed by atoms with Crippen molar-refractivity contribution >= 4 is 0 Å². The lowest BCUT2D eigenvalue weighted by Gasteiger charge is -2.23. The van der Waals surface area contributed by atoms with Gasteiger partial charge in [0.05, 0.1) is 0 Å². The quantitative estimate of drug-likeness (QED) is 0.848. The van der Waals surface area contributed by atoms with Crippen LogP contribution in [0.4, 0.5) is 0 Å². The average molecular weight is 235 g/mol. The molecule has 1 atom stereocenters. The van der Waals surface area contributed by atoms with E-state index in [1.165, 1.54) is 5.56 Å². The van der Waals surface area contributed by atoms with Crippen LogP contribution in [0.15, 0.2) is 24.3 Å². The van der Waals surface area contributed by atoms with Gasteiger partial charge in [-0.3, -0.25) is 0 Å². The number of para-hydroxylation sites is 1. The van der Waals surface area contributed by atoms with E-state index in [4.69, 9.17) is 10.5 Å². The molecule has 0 saturated heterocycles. The summed E-state index contributed by atoms with van der Waals surface area (Å²) in [7, 11) is 0. The van der Waals surface area contributed by atoms with Gasteiger partial charge in [-0.15, -0.1) is 0 Å². The summed E-state index contributed by atoms with van der Waals surface area (Å²) in [6.45, 7) is 9.33. The first-order valence-corrected chi connectivity index (χ1v) is 6.43. The maximum atomic E-state index is 5.97. The first-order chi connectivity index (χ1) is 7.95. The van der Waals surface area contributed by atoms with Gasteiger partial charge in [-0.1, -0.05) is 52.3 Å². The van der Waals surface area contributed by atoms with Crippen LogP contribution >= 0.6 is 0 Å². The molecule has 0 radical (unpaired) electrons. The zero-order chi connectivity index (χ0) is 12.9. The van der Waals surface area contributed by atoms with Crippen molar-refractivity contribution in [3.8, 4) is 5.75 Å². The molecule has 0 amide bonds. The standard InChI is InChI=1S/C15H25NO/c1-5-8-12(16)11-17-14-10-7-6-9-13(14)15(2,3)4/h6-7,9-10,12H,5,8,11,16H2,1-4H3. The predicted octanol–water partition coefficient (Wildman–Crippen LogP) is 3.49. The van der Waals surface area contributed by atoms with Crippen molar-refractivity contribution in [1.82, 2.24) is 0 Å². The largest absolute Gasteiger partial charge is 0.492 e. The van der Waals surface area contributed by atoms with E-state index in [9.17, 15) is 0 Å². The van der Waals surface area contributed by atoms with Crippen molar-refractivity contribution in [1.29, 1.82) is 0 Å². The van der Waals surface area contributed by atoms with Gasteiger partial charge < -0.3 is 10.5 Å². The maximum Gasteiger partial charge on any atom is 0.123 e. The molecule has 17 heavy (non-hydrogen) atoms. The van der Waals surface area contributed by atoms with Gasteiger partial charge in [0.2, 0.25) is 0 Å². The molecule has 1 rings (SSSR count). The fourth-order valence-corrected chi connectivity index (χ4v) is 1.86. The number of hydrogen-bond donors (Lipinski definition) is 1. The first-order valence-electron chi connectivity index (χ1n) is 6.43. The normalized spacial score (nSPS) is 13.5. The van der Waals surface area contributed by atoms with Crippen LogP contribution in [-0.4, -0.2) is 12.6 Å². The van der Waals surface area contributed by atoms with Gasteiger partial charge in [-0.2, -0.15) is 0 Å². The van der Waals surface area contributed by atoms with Gasteiger partial charge in [0.15, 0.2) is 0 Å². The molecule has 1 aromatic carbocycles. The monoisotopic (exact) mass is 235 g/mol. The lowest BCUT2D eigenvalue weighted by molar-refractivity contribution is 0.275. The van der Waals surface area contributed by atoms with Gasteiger partial charge in [0.1, 0.15) is 12.4 Å². The Bertz CT molecular complexity index is 341. The van der Waals surface area contributed by atoms with Crippen LogP contribution in [0.5, 0.6) is 5.75 Å². The highest BCUT2D eigenvalue weighted by Crippen LogP contribution is 2.30.